The first-order valence-corrected chi connectivity index (χ1v) is 43.2. The molecule has 4 aromatic heterocycles. The van der Waals surface area contributed by atoms with E-state index in [1.165, 1.54) is 28.3 Å². The Morgan fingerprint density at radius 3 is 0.976 bits per heavy atom. The third kappa shape index (κ3) is 26.1. The lowest BCUT2D eigenvalue weighted by molar-refractivity contribution is -0.149. The summed E-state index contributed by atoms with van der Waals surface area (Å²) in [6.45, 7) is 65.2. The number of rotatable bonds is 20. The molecule has 4 aliphatic rings. The predicted molar refractivity (Wildman–Crippen MR) is 468 cm³/mol. The Balaban J connectivity index is 0.000000287. The molecule has 3 N–H and O–H groups in total. The van der Waals surface area contributed by atoms with Gasteiger partial charge in [-0.2, -0.15) is 0 Å². The van der Waals surface area contributed by atoms with Gasteiger partial charge in [-0.25, -0.2) is 52.7 Å². The Labute approximate surface area is 726 Å². The van der Waals surface area contributed by atoms with E-state index in [4.69, 9.17) is 66.1 Å². The van der Waals surface area contributed by atoms with Crippen molar-refractivity contribution in [2.45, 2.75) is 253 Å². The molecule has 4 amide bonds. The predicted octanol–water partition coefficient (Wildman–Crippen LogP) is 18.1. The van der Waals surface area contributed by atoms with Crippen molar-refractivity contribution in [3.8, 4) is 34.5 Å². The third-order valence-electron chi connectivity index (χ3n) is 23.2. The third-order valence-corrected chi connectivity index (χ3v) is 23.2. The fraction of sp³-hybridized carbons (Fsp3) is 0.645. The number of benzene rings is 2. The second kappa shape index (κ2) is 41.8. The Bertz CT molecular complexity index is 4370. The molecule has 4 atom stereocenters. The maximum Gasteiger partial charge on any atom is 0.416 e. The summed E-state index contributed by atoms with van der Waals surface area (Å²) in [7, 11) is 3.62. The fourth-order valence-corrected chi connectivity index (χ4v) is 16.3. The molecule has 3 aliphatic carbocycles. The van der Waals surface area contributed by atoms with Gasteiger partial charge in [-0.15, -0.1) is 0 Å². The second-order valence-corrected chi connectivity index (χ2v) is 39.3. The van der Waals surface area contributed by atoms with Crippen LogP contribution in [0.3, 0.4) is 0 Å². The zero-order valence-corrected chi connectivity index (χ0v) is 77.6. The molecule has 2 aromatic carbocycles. The highest BCUT2D eigenvalue weighted by Gasteiger charge is 2.51. The fourth-order valence-electron chi connectivity index (χ4n) is 16.3. The minimum absolute atomic E-state index is 0.0230. The highest BCUT2D eigenvalue weighted by molar-refractivity contribution is 6.06. The van der Waals surface area contributed by atoms with Crippen LogP contribution in [0, 0.1) is 70.3 Å². The topological polar surface area (TPSA) is 336 Å². The van der Waals surface area contributed by atoms with Crippen LogP contribution in [-0.4, -0.2) is 206 Å². The monoisotopic (exact) mass is 1710 g/mol. The van der Waals surface area contributed by atoms with Crippen LogP contribution < -0.4 is 9.47 Å². The minimum Gasteiger partial charge on any atom is -0.465 e. The number of likely N-dealkylation sites (N-methyl/N-ethyl adjacent to an activating group) is 2. The summed E-state index contributed by atoms with van der Waals surface area (Å²) in [5, 5.41) is 15.1. The normalized spacial score (nSPS) is 19.6. The first-order chi connectivity index (χ1) is 57.3. The summed E-state index contributed by atoms with van der Waals surface area (Å²) < 4.78 is 47.3. The standard InChI is InChI=1S/2C41H57N5O8.C6H12O.C5H10N2O/c2*1-14-51-29(47)22-45(23-30(48)52-15-2)38(50)54-36-32(42-13)31(35-43-34(44-46(35)36)25-16-18-26(19-17-25)39(4,5)6)37(49)53-33-27(40(7,8)9)20-24(3)21-28(33)41(10,11)12;7-6-4-2-1-3-5-6;1-6-3-4-7(2)5(6)8/h2*16-19,24,27-28,33H,14-15,20-23H2,1-12H3,(H,43,44);6-7H,1-5H2;3-4H2,1-2H3. The van der Waals surface area contributed by atoms with Gasteiger partial charge in [-0.1, -0.05) is 206 Å². The highest BCUT2D eigenvalue weighted by Crippen LogP contribution is 2.53. The molecular weight excluding hydrogens is 1570 g/mol. The van der Waals surface area contributed by atoms with Crippen molar-refractivity contribution in [2.75, 3.05) is 79.8 Å². The van der Waals surface area contributed by atoms with Gasteiger partial charge in [0.2, 0.25) is 11.8 Å². The van der Waals surface area contributed by atoms with Gasteiger partial charge in [-0.05, 0) is 122 Å². The molecule has 6 aromatic rings. The number of carbonyl (C=O) groups is 9. The molecule has 4 fully saturated rings. The number of aliphatic hydroxyl groups excluding tert-OH is 1. The van der Waals surface area contributed by atoms with Crippen LogP contribution in [0.15, 0.2) is 48.5 Å². The Morgan fingerprint density at radius 1 is 0.472 bits per heavy atom. The average Bonchev–Trinajstić information content (AvgIpc) is 1.62. The average molecular weight is 1710 g/mol. The van der Waals surface area contributed by atoms with Crippen LogP contribution in [0.25, 0.3) is 43.8 Å². The van der Waals surface area contributed by atoms with E-state index in [1.807, 2.05) is 62.6 Å². The van der Waals surface area contributed by atoms with Crippen molar-refractivity contribution in [1.82, 2.24) is 48.8 Å². The van der Waals surface area contributed by atoms with E-state index in [2.05, 4.69) is 158 Å². The van der Waals surface area contributed by atoms with Crippen LogP contribution in [0.5, 0.6) is 11.8 Å². The molecule has 30 nitrogen and oxygen atoms in total. The van der Waals surface area contributed by atoms with Crippen molar-refractivity contribution >= 4 is 76.7 Å². The number of H-pyrrole nitrogens is 2. The van der Waals surface area contributed by atoms with Crippen LogP contribution in [0.1, 0.15) is 256 Å². The summed E-state index contributed by atoms with van der Waals surface area (Å²) in [6.07, 6.45) is 6.16. The Kier molecular flexibility index (Phi) is 33.8. The maximum absolute atomic E-state index is 14.6. The van der Waals surface area contributed by atoms with Crippen LogP contribution in [-0.2, 0) is 58.4 Å². The van der Waals surface area contributed by atoms with Gasteiger partial charge in [0.05, 0.1) is 45.7 Å². The Hall–Kier alpha value is -10.5. The molecule has 4 unspecified atom stereocenters. The van der Waals surface area contributed by atoms with Gasteiger partial charge in [0.15, 0.2) is 22.9 Å². The van der Waals surface area contributed by atoms with Gasteiger partial charge < -0.3 is 52.8 Å². The van der Waals surface area contributed by atoms with E-state index >= 15 is 0 Å². The SMILES string of the molecule is CN1CCN(C)C1=O.OC1CCCCC1.[C-]#[N+]c1c(C(=O)OC2C(C(C)(C)C)CC(C)CC2C(C)(C)C)c2nc(-c3ccc(C(C)(C)C)cc3)[nH]n2c1OC(=O)N(CC(=O)OCC)CC(=O)OCC.[C-]#[N+]c1c(C(=O)OC2C(C(C)(C)C)CC(C)CC2C(C)(C)C)c2nc(-c3ccc(C(C)(C)C)cc3)[nH]n2c1OC(=O)N(CC(=O)OCC)CC(=O)OCC. The molecule has 10 rings (SSSR count). The maximum atomic E-state index is 14.6. The van der Waals surface area contributed by atoms with Crippen molar-refractivity contribution in [2.24, 2.45) is 57.2 Å². The number of nitrogens with zero attached hydrogens (tertiary/aromatic N) is 10. The van der Waals surface area contributed by atoms with Crippen molar-refractivity contribution in [3.63, 3.8) is 0 Å². The molecule has 0 radical (unpaired) electrons. The number of amides is 4. The molecular formula is C93H136N12O18. The van der Waals surface area contributed by atoms with E-state index in [1.54, 1.807) is 37.5 Å². The molecule has 123 heavy (non-hydrogen) atoms. The summed E-state index contributed by atoms with van der Waals surface area (Å²) in [4.78, 5) is 139. The summed E-state index contributed by atoms with van der Waals surface area (Å²) in [5.74, 6) is -3.71. The lowest BCUT2D eigenvalue weighted by Gasteiger charge is -2.50. The van der Waals surface area contributed by atoms with Gasteiger partial charge in [-0.3, -0.25) is 39.2 Å². The zero-order valence-electron chi connectivity index (χ0n) is 77.6. The number of nitrogens with one attached hydrogen (secondary N) is 2. The number of fused-ring (bicyclic) bond motifs is 2. The number of aromatic amines is 2. The molecule has 0 spiro atoms. The number of aliphatic hydroxyl groups is 1. The number of ether oxygens (including phenoxy) is 8. The zero-order chi connectivity index (χ0) is 91.9. The number of hydrogen-bond donors (Lipinski definition) is 3. The van der Waals surface area contributed by atoms with Crippen LogP contribution in [0.2, 0.25) is 0 Å². The van der Waals surface area contributed by atoms with E-state index in [0.717, 1.165) is 72.5 Å². The highest BCUT2D eigenvalue weighted by atomic mass is 16.6. The first-order valence-electron chi connectivity index (χ1n) is 43.2. The van der Waals surface area contributed by atoms with Gasteiger partial charge >= 0.3 is 54.0 Å². The molecule has 676 valence electrons. The second-order valence-electron chi connectivity index (χ2n) is 39.3. The van der Waals surface area contributed by atoms with E-state index in [-0.39, 0.29) is 140 Å². The van der Waals surface area contributed by atoms with Crippen molar-refractivity contribution in [1.29, 1.82) is 0 Å². The number of urea groups is 1. The summed E-state index contributed by atoms with van der Waals surface area (Å²) in [6, 6.07) is 15.6. The van der Waals surface area contributed by atoms with Gasteiger partial charge in [0.1, 0.15) is 49.5 Å². The van der Waals surface area contributed by atoms with Crippen molar-refractivity contribution in [3.05, 3.63) is 93.6 Å². The Morgan fingerprint density at radius 2 is 0.756 bits per heavy atom. The summed E-state index contributed by atoms with van der Waals surface area (Å²) >= 11 is 0. The molecule has 1 aliphatic heterocycles. The van der Waals surface area contributed by atoms with Gasteiger partial charge in [0.25, 0.3) is 11.4 Å². The van der Waals surface area contributed by atoms with Crippen LogP contribution >= 0.6 is 0 Å². The lowest BCUT2D eigenvalue weighted by Crippen LogP contribution is -2.49. The molecule has 3 saturated carbocycles. The molecule has 5 heterocycles. The molecule has 1 saturated heterocycles. The smallest absolute Gasteiger partial charge is 0.416 e. The minimum atomic E-state index is -1.15. The largest absolute Gasteiger partial charge is 0.465 e. The van der Waals surface area contributed by atoms with E-state index in [9.17, 15) is 43.2 Å². The number of carbonyl (C=O) groups excluding carboxylic acids is 9. The molecule has 30 heteroatoms. The van der Waals surface area contributed by atoms with E-state index in [0.29, 0.717) is 34.6 Å². The van der Waals surface area contributed by atoms with E-state index < -0.39 is 86.4 Å². The number of esters is 6. The van der Waals surface area contributed by atoms with Crippen LogP contribution in [0.4, 0.5) is 25.8 Å². The number of aromatic nitrogens is 6. The lowest BCUT2D eigenvalue weighted by atomic mass is 9.59. The number of hydrogen-bond acceptors (Lipinski definition) is 20. The molecule has 0 bridgehead atoms. The van der Waals surface area contributed by atoms with Crippen molar-refractivity contribution < 1.29 is 86.2 Å². The van der Waals surface area contributed by atoms with Gasteiger partial charge in [0, 0.05) is 62.0 Å². The quantitative estimate of drug-likeness (QED) is 0.0363. The summed E-state index contributed by atoms with van der Waals surface area (Å²) in [5.41, 5.74) is 1.71. The first kappa shape index (κ1) is 99.6.